The van der Waals surface area contributed by atoms with Crippen molar-refractivity contribution in [3.63, 3.8) is 0 Å². The third kappa shape index (κ3) is 5.02. The highest BCUT2D eigenvalue weighted by molar-refractivity contribution is 5.89. The van der Waals surface area contributed by atoms with Crippen LogP contribution in [0.15, 0.2) is 52.2 Å². The molecule has 0 unspecified atom stereocenters. The van der Waals surface area contributed by atoms with Crippen LogP contribution in [-0.2, 0) is 25.7 Å². The van der Waals surface area contributed by atoms with Crippen molar-refractivity contribution < 1.29 is 38.4 Å². The van der Waals surface area contributed by atoms with E-state index in [1.54, 1.807) is 18.2 Å². The molecule has 1 fully saturated rings. The largest absolute Gasteiger partial charge is 0.459 e. The molecule has 3 rings (SSSR count). The fourth-order valence-electron chi connectivity index (χ4n) is 3.05. The molecule has 1 saturated heterocycles. The quantitative estimate of drug-likeness (QED) is 0.536. The Hall–Kier alpha value is -3.35. The minimum atomic E-state index is -3.01. The van der Waals surface area contributed by atoms with Crippen LogP contribution in [0.25, 0.3) is 0 Å². The van der Waals surface area contributed by atoms with E-state index in [2.05, 4.69) is 0 Å². The van der Waals surface area contributed by atoms with Crippen molar-refractivity contribution in [3.05, 3.63) is 69.0 Å². The van der Waals surface area contributed by atoms with Crippen LogP contribution in [0, 0.1) is 5.92 Å². The van der Waals surface area contributed by atoms with Crippen molar-refractivity contribution in [2.24, 2.45) is 5.92 Å². The van der Waals surface area contributed by atoms with Gasteiger partial charge < -0.3 is 24.4 Å². The van der Waals surface area contributed by atoms with Gasteiger partial charge in [0, 0.05) is 12.3 Å². The molecule has 4 atom stereocenters. The number of aromatic nitrogens is 2. The van der Waals surface area contributed by atoms with E-state index < -0.39 is 66.7 Å². The average molecular weight is 466 g/mol. The van der Waals surface area contributed by atoms with Crippen molar-refractivity contribution in [2.75, 3.05) is 6.61 Å². The summed E-state index contributed by atoms with van der Waals surface area (Å²) in [6.07, 6.45) is -4.92. The zero-order valence-electron chi connectivity index (χ0n) is 17.8. The average Bonchev–Trinajstić information content (AvgIpc) is 3.02. The highest BCUT2D eigenvalue weighted by Crippen LogP contribution is 2.38. The Bertz CT molecular complexity index is 1130. The second-order valence-electron chi connectivity index (χ2n) is 7.69. The normalized spacial score (nSPS) is 24.6. The summed E-state index contributed by atoms with van der Waals surface area (Å²) in [6.45, 7) is 1.25. The Morgan fingerprint density at radius 3 is 2.45 bits per heavy atom. The Labute approximate surface area is 186 Å². The van der Waals surface area contributed by atoms with E-state index in [0.717, 1.165) is 12.3 Å². The van der Waals surface area contributed by atoms with Gasteiger partial charge in [-0.1, -0.05) is 32.0 Å². The molecule has 0 radical (unpaired) electrons. The Balaban J connectivity index is 1.80. The highest BCUT2D eigenvalue weighted by atomic mass is 19.2. The molecule has 11 nitrogen and oxygen atoms in total. The van der Waals surface area contributed by atoms with E-state index in [1.807, 2.05) is 0 Å². The number of carbonyl (C=O) groups excluding carboxylic acids is 2. The second kappa shape index (κ2) is 9.65. The number of aliphatic hydroxyl groups excluding tert-OH is 2. The van der Waals surface area contributed by atoms with E-state index in [-0.39, 0.29) is 5.56 Å². The number of hydrogen-bond donors (Lipinski definition) is 2. The van der Waals surface area contributed by atoms with Crippen LogP contribution in [-0.4, -0.2) is 56.0 Å². The van der Waals surface area contributed by atoms with Gasteiger partial charge in [-0.2, -0.15) is 0 Å². The molecule has 0 amide bonds. The molecule has 0 spiro atoms. The number of benzene rings is 1. The number of halogens is 1. The summed E-state index contributed by atoms with van der Waals surface area (Å²) in [6, 6.07) is 8.76. The summed E-state index contributed by atoms with van der Waals surface area (Å²) in [5.74, 6) is -5.13. The molecular formula is C21H23FN2O9. The number of rotatable bonds is 7. The SMILES string of the molecule is CC(C)C(=O)OC[C@@]1(F)O[C@@H](n2ccc(=O)n(COC(=O)c3ccccc3)c2=O)[C@H](O)[C@@H]1O. The number of nitrogens with zero attached hydrogens (tertiary/aromatic N) is 2. The highest BCUT2D eigenvalue weighted by Gasteiger charge is 2.57. The van der Waals surface area contributed by atoms with Gasteiger partial charge >= 0.3 is 17.6 Å². The topological polar surface area (TPSA) is 146 Å². The third-order valence-corrected chi connectivity index (χ3v) is 4.96. The fraction of sp³-hybridized carbons (Fsp3) is 0.429. The lowest BCUT2D eigenvalue weighted by atomic mass is 10.1. The molecule has 178 valence electrons. The van der Waals surface area contributed by atoms with Gasteiger partial charge in [-0.25, -0.2) is 18.5 Å². The van der Waals surface area contributed by atoms with Gasteiger partial charge in [-0.15, -0.1) is 0 Å². The van der Waals surface area contributed by atoms with Gasteiger partial charge in [0.25, 0.3) is 11.4 Å². The van der Waals surface area contributed by atoms with Crippen LogP contribution in [0.5, 0.6) is 0 Å². The van der Waals surface area contributed by atoms with Gasteiger partial charge in [-0.05, 0) is 12.1 Å². The first-order valence-electron chi connectivity index (χ1n) is 9.99. The zero-order chi connectivity index (χ0) is 24.3. The van der Waals surface area contributed by atoms with Gasteiger partial charge in [0.15, 0.2) is 19.6 Å². The molecule has 1 aromatic carbocycles. The molecule has 2 heterocycles. The Morgan fingerprint density at radius 1 is 1.15 bits per heavy atom. The lowest BCUT2D eigenvalue weighted by molar-refractivity contribution is -0.218. The summed E-state index contributed by atoms with van der Waals surface area (Å²) >= 11 is 0. The second-order valence-corrected chi connectivity index (χ2v) is 7.69. The minimum absolute atomic E-state index is 0.192. The Kier molecular flexibility index (Phi) is 7.10. The molecule has 0 saturated carbocycles. The summed E-state index contributed by atoms with van der Waals surface area (Å²) < 4.78 is 31.1. The summed E-state index contributed by atoms with van der Waals surface area (Å²) in [5, 5.41) is 20.4. The summed E-state index contributed by atoms with van der Waals surface area (Å²) in [5.41, 5.74) is -1.73. The van der Waals surface area contributed by atoms with Gasteiger partial charge in [0.05, 0.1) is 11.5 Å². The standard InChI is InChI=1S/C21H23FN2O9/c1-12(2)18(28)31-10-21(22)16(27)15(26)17(33-21)23-9-8-14(25)24(20(23)30)11-32-19(29)13-6-4-3-5-7-13/h3-9,12,15-17,26-27H,10-11H2,1-2H3/t15-,16+,17-,21-/m1/s1. The predicted molar refractivity (Wildman–Crippen MR) is 109 cm³/mol. The molecule has 1 aromatic heterocycles. The minimum Gasteiger partial charge on any atom is -0.459 e. The lowest BCUT2D eigenvalue weighted by Gasteiger charge is -2.23. The van der Waals surface area contributed by atoms with E-state index in [4.69, 9.17) is 14.2 Å². The molecule has 1 aliphatic heterocycles. The van der Waals surface area contributed by atoms with Crippen molar-refractivity contribution in [3.8, 4) is 0 Å². The molecule has 33 heavy (non-hydrogen) atoms. The van der Waals surface area contributed by atoms with Crippen LogP contribution in [0.2, 0.25) is 0 Å². The van der Waals surface area contributed by atoms with E-state index in [9.17, 15) is 29.4 Å². The number of aliphatic hydroxyl groups is 2. The number of carbonyl (C=O) groups is 2. The molecule has 0 aliphatic carbocycles. The number of hydrogen-bond acceptors (Lipinski definition) is 9. The van der Waals surface area contributed by atoms with Crippen LogP contribution < -0.4 is 11.2 Å². The summed E-state index contributed by atoms with van der Waals surface area (Å²) in [7, 11) is 0. The summed E-state index contributed by atoms with van der Waals surface area (Å²) in [4.78, 5) is 48.7. The van der Waals surface area contributed by atoms with Gasteiger partial charge in [0.2, 0.25) is 0 Å². The lowest BCUT2D eigenvalue weighted by Crippen LogP contribution is -2.44. The van der Waals surface area contributed by atoms with Crippen LogP contribution >= 0.6 is 0 Å². The maximum Gasteiger partial charge on any atom is 0.339 e. The van der Waals surface area contributed by atoms with Crippen molar-refractivity contribution in [1.82, 2.24) is 9.13 Å². The smallest absolute Gasteiger partial charge is 0.339 e. The number of ether oxygens (including phenoxy) is 3. The molecule has 2 N–H and O–H groups in total. The molecular weight excluding hydrogens is 443 g/mol. The van der Waals surface area contributed by atoms with Crippen molar-refractivity contribution in [2.45, 2.75) is 44.9 Å². The zero-order valence-corrected chi connectivity index (χ0v) is 17.8. The van der Waals surface area contributed by atoms with Gasteiger partial charge in [-0.3, -0.25) is 14.2 Å². The predicted octanol–water partition coefficient (Wildman–Crippen LogP) is -0.0599. The van der Waals surface area contributed by atoms with E-state index in [1.165, 1.54) is 26.0 Å². The first-order chi connectivity index (χ1) is 15.5. The van der Waals surface area contributed by atoms with Crippen LogP contribution in [0.4, 0.5) is 4.39 Å². The van der Waals surface area contributed by atoms with E-state index in [0.29, 0.717) is 9.13 Å². The number of esters is 2. The van der Waals surface area contributed by atoms with E-state index >= 15 is 4.39 Å². The van der Waals surface area contributed by atoms with Gasteiger partial charge in [0.1, 0.15) is 12.2 Å². The molecule has 1 aliphatic rings. The molecule has 12 heteroatoms. The maximum absolute atomic E-state index is 15.1. The third-order valence-electron chi connectivity index (χ3n) is 4.96. The van der Waals surface area contributed by atoms with Crippen LogP contribution in [0.3, 0.4) is 0 Å². The maximum atomic E-state index is 15.1. The first kappa shape index (κ1) is 24.3. The molecule has 2 aromatic rings. The first-order valence-corrected chi connectivity index (χ1v) is 9.99. The van der Waals surface area contributed by atoms with Crippen molar-refractivity contribution >= 4 is 11.9 Å². The van der Waals surface area contributed by atoms with Crippen molar-refractivity contribution in [1.29, 1.82) is 0 Å². The Morgan fingerprint density at radius 2 is 1.82 bits per heavy atom. The fourth-order valence-corrected chi connectivity index (χ4v) is 3.05. The molecule has 0 bridgehead atoms. The van der Waals surface area contributed by atoms with Crippen LogP contribution in [0.1, 0.15) is 30.4 Å². The number of alkyl halides is 1. The monoisotopic (exact) mass is 466 g/mol.